The molecule has 0 aromatic heterocycles. The lowest BCUT2D eigenvalue weighted by Crippen LogP contribution is -2.42. The van der Waals surface area contributed by atoms with Crippen LogP contribution in [0, 0.1) is 11.7 Å². The van der Waals surface area contributed by atoms with E-state index in [-0.39, 0.29) is 35.8 Å². The molecule has 0 radical (unpaired) electrons. The van der Waals surface area contributed by atoms with Crippen LogP contribution in [0.5, 0.6) is 5.75 Å². The van der Waals surface area contributed by atoms with Gasteiger partial charge in [0.05, 0.1) is 18.4 Å². The number of benzene rings is 2. The number of amides is 3. The molecule has 1 aliphatic rings. The second-order valence-corrected chi connectivity index (χ2v) is 7.53. The molecule has 1 saturated heterocycles. The molecule has 3 amide bonds. The van der Waals surface area contributed by atoms with E-state index in [1.807, 2.05) is 0 Å². The van der Waals surface area contributed by atoms with Gasteiger partial charge in [0.25, 0.3) is 5.91 Å². The summed E-state index contributed by atoms with van der Waals surface area (Å²) in [4.78, 5) is 38.4. The van der Waals surface area contributed by atoms with Gasteiger partial charge in [0.1, 0.15) is 0 Å². The van der Waals surface area contributed by atoms with Crippen molar-refractivity contribution >= 4 is 23.4 Å². The number of piperidine rings is 1. The summed E-state index contributed by atoms with van der Waals surface area (Å²) < 4.78 is 18.7. The maximum absolute atomic E-state index is 13.8. The lowest BCUT2D eigenvalue weighted by atomic mass is 9.95. The van der Waals surface area contributed by atoms with Crippen molar-refractivity contribution < 1.29 is 23.5 Å². The van der Waals surface area contributed by atoms with Crippen molar-refractivity contribution in [3.63, 3.8) is 0 Å². The van der Waals surface area contributed by atoms with Crippen LogP contribution in [0.2, 0.25) is 0 Å². The maximum Gasteiger partial charge on any atom is 0.255 e. The predicted octanol–water partition coefficient (Wildman–Crippen LogP) is 2.74. The second kappa shape index (κ2) is 10.1. The van der Waals surface area contributed by atoms with Gasteiger partial charge in [-0.2, -0.15) is 0 Å². The number of hydrogen-bond donors (Lipinski definition) is 2. The van der Waals surface area contributed by atoms with E-state index in [0.717, 1.165) is 0 Å². The highest BCUT2D eigenvalue weighted by atomic mass is 19.1. The zero-order valence-electron chi connectivity index (χ0n) is 17.4. The quantitative estimate of drug-likeness (QED) is 0.709. The van der Waals surface area contributed by atoms with Gasteiger partial charge in [-0.05, 0) is 49.1 Å². The summed E-state index contributed by atoms with van der Waals surface area (Å²) in [7, 11) is 1.39. The van der Waals surface area contributed by atoms with E-state index >= 15 is 0 Å². The number of carbonyl (C=O) groups excluding carboxylic acids is 3. The topological polar surface area (TPSA) is 102 Å². The first-order chi connectivity index (χ1) is 14.9. The van der Waals surface area contributed by atoms with Gasteiger partial charge in [-0.3, -0.25) is 14.4 Å². The number of rotatable bonds is 7. The number of carbonyl (C=O) groups is 3. The smallest absolute Gasteiger partial charge is 0.255 e. The van der Waals surface area contributed by atoms with E-state index in [4.69, 9.17) is 10.5 Å². The summed E-state index contributed by atoms with van der Waals surface area (Å²) in [5.41, 5.74) is 6.85. The van der Waals surface area contributed by atoms with Gasteiger partial charge in [0.15, 0.2) is 11.6 Å². The van der Waals surface area contributed by atoms with Crippen LogP contribution in [0.4, 0.5) is 10.1 Å². The third-order valence-electron chi connectivity index (χ3n) is 5.47. The maximum atomic E-state index is 13.8. The highest BCUT2D eigenvalue weighted by Crippen LogP contribution is 2.23. The summed E-state index contributed by atoms with van der Waals surface area (Å²) in [6.45, 7) is 0.884. The first-order valence-corrected chi connectivity index (χ1v) is 10.2. The monoisotopic (exact) mass is 427 g/mol. The summed E-state index contributed by atoms with van der Waals surface area (Å²) in [5.74, 6) is -1.34. The van der Waals surface area contributed by atoms with E-state index in [9.17, 15) is 18.8 Å². The number of nitrogens with two attached hydrogens (primary N) is 1. The van der Waals surface area contributed by atoms with Crippen LogP contribution < -0.4 is 15.8 Å². The molecule has 1 fully saturated rings. The first kappa shape index (κ1) is 22.3. The fraction of sp³-hybridized carbons (Fsp3) is 0.348. The third-order valence-corrected chi connectivity index (χ3v) is 5.47. The fourth-order valence-corrected chi connectivity index (χ4v) is 3.65. The summed E-state index contributed by atoms with van der Waals surface area (Å²) in [5, 5.41) is 2.79. The number of methoxy groups -OCH3 is 1. The van der Waals surface area contributed by atoms with E-state index in [1.165, 1.54) is 19.2 Å². The molecular weight excluding hydrogens is 401 g/mol. The molecule has 3 rings (SSSR count). The highest BCUT2D eigenvalue weighted by Gasteiger charge is 2.27. The van der Waals surface area contributed by atoms with Gasteiger partial charge in [-0.15, -0.1) is 0 Å². The van der Waals surface area contributed by atoms with E-state index in [1.54, 1.807) is 35.2 Å². The molecule has 1 aliphatic heterocycles. The minimum Gasteiger partial charge on any atom is -0.494 e. The van der Waals surface area contributed by atoms with Gasteiger partial charge in [0.2, 0.25) is 11.8 Å². The van der Waals surface area contributed by atoms with Crippen molar-refractivity contribution in [3.8, 4) is 5.75 Å². The fourth-order valence-electron chi connectivity index (χ4n) is 3.65. The van der Waals surface area contributed by atoms with Crippen molar-refractivity contribution in [3.05, 3.63) is 59.4 Å². The first-order valence-electron chi connectivity index (χ1n) is 10.2. The summed E-state index contributed by atoms with van der Waals surface area (Å²) in [6.07, 6.45) is 1.56. The molecule has 31 heavy (non-hydrogen) atoms. The molecule has 1 heterocycles. The Labute approximate surface area is 180 Å². The van der Waals surface area contributed by atoms with Gasteiger partial charge < -0.3 is 20.7 Å². The van der Waals surface area contributed by atoms with Gasteiger partial charge in [0, 0.05) is 25.4 Å². The molecule has 0 spiro atoms. The standard InChI is InChI=1S/C23H26FN3O4/c1-31-20-8-6-15(14-18(20)24)7-9-21(28)26-19-5-3-2-4-17(19)23(30)27-12-10-16(11-13-27)22(25)29/h2-6,8,14,16H,7,9-13H2,1H3,(H2,25,29)(H,26,28). The van der Waals surface area contributed by atoms with Crippen LogP contribution in [0.25, 0.3) is 0 Å². The van der Waals surface area contributed by atoms with E-state index in [0.29, 0.717) is 49.2 Å². The number of anilines is 1. The second-order valence-electron chi connectivity index (χ2n) is 7.53. The Morgan fingerprint density at radius 3 is 2.52 bits per heavy atom. The molecule has 0 bridgehead atoms. The molecule has 2 aromatic carbocycles. The number of para-hydroxylation sites is 1. The minimum absolute atomic E-state index is 0.137. The van der Waals surface area contributed by atoms with Crippen LogP contribution in [0.15, 0.2) is 42.5 Å². The Morgan fingerprint density at radius 2 is 1.87 bits per heavy atom. The Bertz CT molecular complexity index is 971. The number of primary amides is 1. The number of aryl methyl sites for hydroxylation is 1. The van der Waals surface area contributed by atoms with Gasteiger partial charge in [-0.25, -0.2) is 4.39 Å². The molecule has 0 aliphatic carbocycles. The molecule has 0 unspecified atom stereocenters. The molecule has 0 atom stereocenters. The lowest BCUT2D eigenvalue weighted by Gasteiger charge is -2.31. The Balaban J connectivity index is 1.61. The zero-order valence-corrected chi connectivity index (χ0v) is 17.4. The molecular formula is C23H26FN3O4. The SMILES string of the molecule is COc1ccc(CCC(=O)Nc2ccccc2C(=O)N2CCC(C(N)=O)CC2)cc1F. The van der Waals surface area contributed by atoms with Crippen molar-refractivity contribution in [2.24, 2.45) is 11.7 Å². The van der Waals surface area contributed by atoms with Crippen molar-refractivity contribution in [2.75, 3.05) is 25.5 Å². The van der Waals surface area contributed by atoms with Crippen LogP contribution in [0.1, 0.15) is 35.2 Å². The number of hydrogen-bond acceptors (Lipinski definition) is 4. The largest absolute Gasteiger partial charge is 0.494 e. The van der Waals surface area contributed by atoms with Crippen molar-refractivity contribution in [1.82, 2.24) is 4.90 Å². The molecule has 3 N–H and O–H groups in total. The van der Waals surface area contributed by atoms with Crippen LogP contribution in [-0.2, 0) is 16.0 Å². The normalized spacial score (nSPS) is 14.2. The zero-order chi connectivity index (χ0) is 22.4. The minimum atomic E-state index is -0.476. The predicted molar refractivity (Wildman–Crippen MR) is 114 cm³/mol. The molecule has 7 nitrogen and oxygen atoms in total. The van der Waals surface area contributed by atoms with Crippen LogP contribution >= 0.6 is 0 Å². The molecule has 0 saturated carbocycles. The third kappa shape index (κ3) is 5.59. The average Bonchev–Trinajstić information content (AvgIpc) is 2.78. The summed E-state index contributed by atoms with van der Waals surface area (Å²) >= 11 is 0. The van der Waals surface area contributed by atoms with Crippen molar-refractivity contribution in [1.29, 1.82) is 0 Å². The number of nitrogens with one attached hydrogen (secondary N) is 1. The Morgan fingerprint density at radius 1 is 1.16 bits per heavy atom. The van der Waals surface area contributed by atoms with Crippen LogP contribution in [-0.4, -0.2) is 42.8 Å². The molecule has 2 aromatic rings. The lowest BCUT2D eigenvalue weighted by molar-refractivity contribution is -0.123. The Kier molecular flexibility index (Phi) is 7.23. The number of nitrogens with zero attached hydrogens (tertiary/aromatic N) is 1. The number of likely N-dealkylation sites (tertiary alicyclic amines) is 1. The molecule has 164 valence electrons. The summed E-state index contributed by atoms with van der Waals surface area (Å²) in [6, 6.07) is 11.4. The number of ether oxygens (including phenoxy) is 1. The average molecular weight is 427 g/mol. The molecule has 8 heteroatoms. The van der Waals surface area contributed by atoms with Crippen molar-refractivity contribution in [2.45, 2.75) is 25.7 Å². The van der Waals surface area contributed by atoms with Gasteiger partial charge >= 0.3 is 0 Å². The Hall–Kier alpha value is -3.42. The van der Waals surface area contributed by atoms with Crippen LogP contribution in [0.3, 0.4) is 0 Å². The highest BCUT2D eigenvalue weighted by molar-refractivity contribution is 6.03. The van der Waals surface area contributed by atoms with E-state index < -0.39 is 5.82 Å². The van der Waals surface area contributed by atoms with Gasteiger partial charge in [-0.1, -0.05) is 18.2 Å². The van der Waals surface area contributed by atoms with E-state index in [2.05, 4.69) is 5.32 Å². The number of halogens is 1.